The Bertz CT molecular complexity index is 537. The topological polar surface area (TPSA) is 29.3 Å². The molecule has 0 bridgehead atoms. The fourth-order valence-corrected chi connectivity index (χ4v) is 4.02. The van der Waals surface area contributed by atoms with Gasteiger partial charge < -0.3 is 10.6 Å². The van der Waals surface area contributed by atoms with E-state index in [0.717, 1.165) is 22.4 Å². The Labute approximate surface area is 134 Å². The standard InChI is InChI=1S/C17H23FN2.C2H6/c1-4-12-5-13(11(2)18)6-15(16(12)19)14-7-17(8-14)9-20(3)10-17;1-2/h4-6,11,14H,1,7-10,19H2,2-3H3;1-2H3. The summed E-state index contributed by atoms with van der Waals surface area (Å²) in [6.07, 6.45) is 3.14. The van der Waals surface area contributed by atoms with Crippen LogP contribution in [0.3, 0.4) is 0 Å². The molecule has 1 unspecified atom stereocenters. The van der Waals surface area contributed by atoms with Gasteiger partial charge in [0.1, 0.15) is 6.17 Å². The number of nitrogen functional groups attached to an aromatic ring is 1. The number of likely N-dealkylation sites (tertiary alicyclic amines) is 1. The maximum absolute atomic E-state index is 13.6. The molecule has 2 nitrogen and oxygen atoms in total. The van der Waals surface area contributed by atoms with Gasteiger partial charge in [0.15, 0.2) is 0 Å². The van der Waals surface area contributed by atoms with Gasteiger partial charge in [-0.25, -0.2) is 4.39 Å². The Morgan fingerprint density at radius 2 is 1.95 bits per heavy atom. The third kappa shape index (κ3) is 2.91. The second-order valence-corrected chi connectivity index (χ2v) is 6.71. The van der Waals surface area contributed by atoms with Crippen molar-refractivity contribution in [3.8, 4) is 0 Å². The van der Waals surface area contributed by atoms with Gasteiger partial charge in [0.05, 0.1) is 0 Å². The molecule has 0 amide bonds. The maximum Gasteiger partial charge on any atom is 0.122 e. The summed E-state index contributed by atoms with van der Waals surface area (Å²) < 4.78 is 13.6. The van der Waals surface area contributed by atoms with Gasteiger partial charge in [0.2, 0.25) is 0 Å². The van der Waals surface area contributed by atoms with Crippen molar-refractivity contribution >= 4 is 11.8 Å². The highest BCUT2D eigenvalue weighted by Crippen LogP contribution is 2.56. The van der Waals surface area contributed by atoms with E-state index >= 15 is 0 Å². The van der Waals surface area contributed by atoms with Crippen LogP contribution >= 0.6 is 0 Å². The monoisotopic (exact) mass is 304 g/mol. The molecule has 2 fully saturated rings. The van der Waals surface area contributed by atoms with E-state index in [-0.39, 0.29) is 0 Å². The first-order valence-electron chi connectivity index (χ1n) is 8.32. The lowest BCUT2D eigenvalue weighted by atomic mass is 9.56. The molecular weight excluding hydrogens is 275 g/mol. The van der Waals surface area contributed by atoms with E-state index in [4.69, 9.17) is 5.73 Å². The first-order valence-corrected chi connectivity index (χ1v) is 8.32. The van der Waals surface area contributed by atoms with E-state index in [2.05, 4.69) is 18.5 Å². The molecule has 0 radical (unpaired) electrons. The van der Waals surface area contributed by atoms with Gasteiger partial charge in [-0.15, -0.1) is 0 Å². The van der Waals surface area contributed by atoms with Crippen LogP contribution in [0.1, 0.15) is 62.4 Å². The first-order chi connectivity index (χ1) is 10.4. The summed E-state index contributed by atoms with van der Waals surface area (Å²) in [6, 6.07) is 3.79. The summed E-state index contributed by atoms with van der Waals surface area (Å²) in [6.45, 7) is 11.8. The number of nitrogens with zero attached hydrogens (tertiary/aromatic N) is 1. The molecule has 1 heterocycles. The Morgan fingerprint density at radius 1 is 1.36 bits per heavy atom. The van der Waals surface area contributed by atoms with Gasteiger partial charge >= 0.3 is 0 Å². The van der Waals surface area contributed by atoms with Crippen LogP contribution in [0.25, 0.3) is 6.08 Å². The summed E-state index contributed by atoms with van der Waals surface area (Å²) in [5, 5.41) is 0. The van der Waals surface area contributed by atoms with E-state index in [1.54, 1.807) is 13.0 Å². The smallest absolute Gasteiger partial charge is 0.122 e. The van der Waals surface area contributed by atoms with Crippen molar-refractivity contribution in [2.75, 3.05) is 25.9 Å². The van der Waals surface area contributed by atoms with Crippen molar-refractivity contribution < 1.29 is 4.39 Å². The van der Waals surface area contributed by atoms with Crippen LogP contribution in [0, 0.1) is 5.41 Å². The van der Waals surface area contributed by atoms with Crippen LogP contribution in [-0.4, -0.2) is 25.0 Å². The number of nitrogens with two attached hydrogens (primary N) is 1. The minimum Gasteiger partial charge on any atom is -0.398 e. The lowest BCUT2D eigenvalue weighted by Crippen LogP contribution is -2.60. The molecule has 122 valence electrons. The third-order valence-corrected chi connectivity index (χ3v) is 4.95. The minimum absolute atomic E-state index is 0.487. The molecule has 1 saturated heterocycles. The molecule has 1 spiro atoms. The molecule has 2 N–H and O–H groups in total. The van der Waals surface area contributed by atoms with Crippen molar-refractivity contribution in [1.82, 2.24) is 4.90 Å². The Kier molecular flexibility index (Phi) is 4.96. The number of hydrogen-bond donors (Lipinski definition) is 1. The summed E-state index contributed by atoms with van der Waals surface area (Å²) in [4.78, 5) is 2.36. The largest absolute Gasteiger partial charge is 0.398 e. The zero-order chi connectivity index (χ0) is 16.5. The Morgan fingerprint density at radius 3 is 2.41 bits per heavy atom. The predicted octanol–water partition coefficient (Wildman–Crippen LogP) is 4.78. The summed E-state index contributed by atoms with van der Waals surface area (Å²) in [5.41, 5.74) is 10.3. The van der Waals surface area contributed by atoms with Crippen LogP contribution in [-0.2, 0) is 0 Å². The highest BCUT2D eigenvalue weighted by atomic mass is 19.1. The predicted molar refractivity (Wildman–Crippen MR) is 93.7 cm³/mol. The molecule has 1 aliphatic heterocycles. The molecule has 1 aromatic rings. The summed E-state index contributed by atoms with van der Waals surface area (Å²) in [7, 11) is 2.16. The fourth-order valence-electron chi connectivity index (χ4n) is 4.02. The van der Waals surface area contributed by atoms with Crippen molar-refractivity contribution in [3.05, 3.63) is 35.4 Å². The molecule has 1 aliphatic carbocycles. The molecule has 3 rings (SSSR count). The second kappa shape index (κ2) is 6.41. The van der Waals surface area contributed by atoms with Crippen molar-refractivity contribution in [3.63, 3.8) is 0 Å². The number of hydrogen-bond acceptors (Lipinski definition) is 2. The van der Waals surface area contributed by atoms with Crippen LogP contribution in [0.15, 0.2) is 18.7 Å². The van der Waals surface area contributed by atoms with Gasteiger partial charge in [-0.3, -0.25) is 0 Å². The fraction of sp³-hybridized carbons (Fsp3) is 0.579. The highest BCUT2D eigenvalue weighted by Gasteiger charge is 2.51. The quantitative estimate of drug-likeness (QED) is 0.814. The zero-order valence-electron chi connectivity index (χ0n) is 14.3. The van der Waals surface area contributed by atoms with E-state index in [1.165, 1.54) is 25.9 Å². The van der Waals surface area contributed by atoms with Gasteiger partial charge in [0.25, 0.3) is 0 Å². The second-order valence-electron chi connectivity index (χ2n) is 6.71. The Hall–Kier alpha value is -1.35. The van der Waals surface area contributed by atoms with Crippen LogP contribution < -0.4 is 5.73 Å². The highest BCUT2D eigenvalue weighted by molar-refractivity contribution is 5.69. The van der Waals surface area contributed by atoms with Crippen molar-refractivity contribution in [2.24, 2.45) is 5.41 Å². The molecule has 0 aromatic heterocycles. The third-order valence-electron chi connectivity index (χ3n) is 4.95. The normalized spacial score (nSPS) is 21.3. The van der Waals surface area contributed by atoms with Crippen molar-refractivity contribution in [2.45, 2.75) is 45.7 Å². The lowest BCUT2D eigenvalue weighted by molar-refractivity contribution is -0.0582. The molecule has 1 atom stereocenters. The van der Waals surface area contributed by atoms with Gasteiger partial charge in [0, 0.05) is 18.8 Å². The molecular formula is C19H29FN2. The minimum atomic E-state index is -0.961. The summed E-state index contributed by atoms with van der Waals surface area (Å²) in [5.74, 6) is 0.487. The summed E-state index contributed by atoms with van der Waals surface area (Å²) >= 11 is 0. The van der Waals surface area contributed by atoms with Gasteiger partial charge in [-0.05, 0) is 60.9 Å². The van der Waals surface area contributed by atoms with Gasteiger partial charge in [-0.1, -0.05) is 32.6 Å². The molecule has 22 heavy (non-hydrogen) atoms. The maximum atomic E-state index is 13.6. The Balaban J connectivity index is 0.000000847. The number of benzene rings is 1. The average Bonchev–Trinajstić information content (AvgIpc) is 2.44. The van der Waals surface area contributed by atoms with Crippen LogP contribution in [0.4, 0.5) is 10.1 Å². The molecule has 1 aromatic carbocycles. The van der Waals surface area contributed by atoms with E-state index in [9.17, 15) is 4.39 Å². The molecule has 2 aliphatic rings. The number of halogens is 1. The SMILES string of the molecule is C=Cc1cc(C(C)F)cc(C2CC3(C2)CN(C)C3)c1N.CC. The van der Waals surface area contributed by atoms with E-state index < -0.39 is 6.17 Å². The number of alkyl halides is 1. The van der Waals surface area contributed by atoms with Gasteiger partial charge in [-0.2, -0.15) is 0 Å². The van der Waals surface area contributed by atoms with Crippen LogP contribution in [0.2, 0.25) is 0 Å². The molecule has 3 heteroatoms. The average molecular weight is 304 g/mol. The zero-order valence-corrected chi connectivity index (χ0v) is 14.3. The van der Waals surface area contributed by atoms with Crippen LogP contribution in [0.5, 0.6) is 0 Å². The lowest BCUT2D eigenvalue weighted by Gasteiger charge is -2.58. The first kappa shape index (κ1) is 17.0. The van der Waals surface area contributed by atoms with Crippen molar-refractivity contribution in [1.29, 1.82) is 0 Å². The van der Waals surface area contributed by atoms with E-state index in [1.807, 2.05) is 26.0 Å². The number of anilines is 1. The molecule has 1 saturated carbocycles. The van der Waals surface area contributed by atoms with E-state index in [0.29, 0.717) is 11.3 Å². The number of rotatable bonds is 3.